The molecule has 0 aromatic heterocycles. The Morgan fingerprint density at radius 3 is 1.34 bits per heavy atom. The molecule has 0 aromatic rings. The van der Waals surface area contributed by atoms with Gasteiger partial charge in [-0.15, -0.1) is 0 Å². The maximum absolute atomic E-state index is 12.3. The number of carboxylic acids is 1. The average molecular weight is 541 g/mol. The lowest BCUT2D eigenvalue weighted by atomic mass is 9.98. The molecule has 5 heteroatoms. The Morgan fingerprint density at radius 1 is 0.632 bits per heavy atom. The molecule has 0 aromatic carbocycles. The summed E-state index contributed by atoms with van der Waals surface area (Å²) in [4.78, 5) is 23.4. The van der Waals surface area contributed by atoms with Crippen LogP contribution in [0.2, 0.25) is 0 Å². The molecule has 0 aliphatic heterocycles. The van der Waals surface area contributed by atoms with Gasteiger partial charge in [-0.05, 0) is 5.92 Å². The SMILES string of the molecule is CCCCCCCCCCCCCCCCCCCCCCC(C)CC(=O)OC(CC(=O)O)C[N+](C)(C)C. The minimum absolute atomic E-state index is 0.130. The number of carbonyl (C=O) groups is 2. The molecule has 2 unspecified atom stereocenters. The second-order valence-electron chi connectivity index (χ2n) is 13.0. The van der Waals surface area contributed by atoms with Gasteiger partial charge in [0, 0.05) is 6.42 Å². The molecule has 0 saturated heterocycles. The van der Waals surface area contributed by atoms with Crippen LogP contribution in [-0.2, 0) is 14.3 Å². The van der Waals surface area contributed by atoms with Crippen molar-refractivity contribution >= 4 is 11.9 Å². The van der Waals surface area contributed by atoms with E-state index in [2.05, 4.69) is 13.8 Å². The Kier molecular flexibility index (Phi) is 24.2. The molecule has 0 fully saturated rings. The van der Waals surface area contributed by atoms with Gasteiger partial charge in [0.15, 0.2) is 6.10 Å². The van der Waals surface area contributed by atoms with Gasteiger partial charge in [-0.2, -0.15) is 0 Å². The maximum atomic E-state index is 12.3. The quantitative estimate of drug-likeness (QED) is 0.0610. The Hall–Kier alpha value is -1.10. The van der Waals surface area contributed by atoms with Crippen LogP contribution in [0.3, 0.4) is 0 Å². The summed E-state index contributed by atoms with van der Waals surface area (Å²) in [6.45, 7) is 4.89. The lowest BCUT2D eigenvalue weighted by Gasteiger charge is -2.28. The van der Waals surface area contributed by atoms with Crippen molar-refractivity contribution in [3.63, 3.8) is 0 Å². The smallest absolute Gasteiger partial charge is 0.307 e. The lowest BCUT2D eigenvalue weighted by molar-refractivity contribution is -0.873. The first-order valence-corrected chi connectivity index (χ1v) is 16.4. The van der Waals surface area contributed by atoms with Crippen molar-refractivity contribution in [3.8, 4) is 0 Å². The summed E-state index contributed by atoms with van der Waals surface area (Å²) in [5.74, 6) is -0.897. The third-order valence-electron chi connectivity index (χ3n) is 7.52. The molecule has 0 spiro atoms. The molecule has 38 heavy (non-hydrogen) atoms. The summed E-state index contributed by atoms with van der Waals surface area (Å²) < 4.78 is 6.09. The molecule has 0 heterocycles. The summed E-state index contributed by atoms with van der Waals surface area (Å²) >= 11 is 0. The fraction of sp³-hybridized carbons (Fsp3) is 0.939. The van der Waals surface area contributed by atoms with Crippen molar-refractivity contribution in [2.45, 2.75) is 168 Å². The number of unbranched alkanes of at least 4 members (excludes halogenated alkanes) is 19. The monoisotopic (exact) mass is 540 g/mol. The normalized spacial score (nSPS) is 13.4. The van der Waals surface area contributed by atoms with E-state index in [0.29, 0.717) is 17.4 Å². The average Bonchev–Trinajstić information content (AvgIpc) is 2.81. The van der Waals surface area contributed by atoms with Crippen molar-refractivity contribution in [2.24, 2.45) is 5.92 Å². The first-order chi connectivity index (χ1) is 18.1. The number of ether oxygens (including phenoxy) is 1. The minimum Gasteiger partial charge on any atom is -0.481 e. The van der Waals surface area contributed by atoms with Gasteiger partial charge < -0.3 is 14.3 Å². The highest BCUT2D eigenvalue weighted by molar-refractivity contribution is 5.71. The van der Waals surface area contributed by atoms with Crippen molar-refractivity contribution < 1.29 is 23.9 Å². The van der Waals surface area contributed by atoms with Gasteiger partial charge >= 0.3 is 11.9 Å². The number of likely N-dealkylation sites (N-methyl/N-ethyl adjacent to an activating group) is 1. The van der Waals surface area contributed by atoms with Gasteiger partial charge in [-0.1, -0.05) is 149 Å². The van der Waals surface area contributed by atoms with E-state index in [0.717, 1.165) is 12.8 Å². The van der Waals surface area contributed by atoms with E-state index in [-0.39, 0.29) is 18.3 Å². The largest absolute Gasteiger partial charge is 0.481 e. The molecule has 0 aliphatic rings. The molecule has 0 aliphatic carbocycles. The standard InChI is InChI=1S/C33H65NO4/c1-6-7-8-9-10-11-12-13-14-15-16-17-18-19-20-21-22-23-24-25-26-30(2)27-33(37)38-31(28-32(35)36)29-34(3,4)5/h30-31H,6-29H2,1-5H3/p+1. The number of quaternary nitrogens is 1. The van der Waals surface area contributed by atoms with Gasteiger partial charge in [0.05, 0.1) is 27.6 Å². The third-order valence-corrected chi connectivity index (χ3v) is 7.52. The molecule has 2 atom stereocenters. The zero-order valence-corrected chi connectivity index (χ0v) is 26.2. The Labute approximate surface area is 237 Å². The van der Waals surface area contributed by atoms with E-state index >= 15 is 0 Å². The highest BCUT2D eigenvalue weighted by Gasteiger charge is 2.25. The van der Waals surface area contributed by atoms with Crippen LogP contribution in [-0.4, -0.2) is 55.3 Å². The summed E-state index contributed by atoms with van der Waals surface area (Å²) in [6, 6.07) is 0. The number of carbonyl (C=O) groups excluding carboxylic acids is 1. The fourth-order valence-corrected chi connectivity index (χ4v) is 5.32. The maximum Gasteiger partial charge on any atom is 0.307 e. The van der Waals surface area contributed by atoms with Crippen LogP contribution >= 0.6 is 0 Å². The second-order valence-corrected chi connectivity index (χ2v) is 13.0. The molecule has 0 radical (unpaired) electrons. The number of aliphatic carboxylic acids is 1. The highest BCUT2D eigenvalue weighted by atomic mass is 16.5. The van der Waals surface area contributed by atoms with Crippen molar-refractivity contribution in [3.05, 3.63) is 0 Å². The number of hydrogen-bond donors (Lipinski definition) is 1. The zero-order chi connectivity index (χ0) is 28.5. The van der Waals surface area contributed by atoms with Crippen LogP contribution in [0.25, 0.3) is 0 Å². The number of hydrogen-bond acceptors (Lipinski definition) is 3. The van der Waals surface area contributed by atoms with Crippen LogP contribution in [0, 0.1) is 5.92 Å². The zero-order valence-electron chi connectivity index (χ0n) is 26.2. The summed E-state index contributed by atoms with van der Waals surface area (Å²) in [6.07, 6.45) is 28.5. The van der Waals surface area contributed by atoms with Crippen molar-refractivity contribution in [2.75, 3.05) is 27.7 Å². The van der Waals surface area contributed by atoms with E-state index in [4.69, 9.17) is 9.84 Å². The van der Waals surface area contributed by atoms with E-state index < -0.39 is 12.1 Å². The number of esters is 1. The van der Waals surface area contributed by atoms with Crippen LogP contribution in [0.4, 0.5) is 0 Å². The van der Waals surface area contributed by atoms with Gasteiger partial charge in [0.25, 0.3) is 0 Å². The number of carboxylic acid groups (broad SMARTS) is 1. The molecule has 226 valence electrons. The van der Waals surface area contributed by atoms with Gasteiger partial charge in [0.2, 0.25) is 0 Å². The topological polar surface area (TPSA) is 63.6 Å². The summed E-state index contributed by atoms with van der Waals surface area (Å²) in [5, 5.41) is 9.11. The predicted octanol–water partition coefficient (Wildman–Crippen LogP) is 9.32. The molecule has 0 saturated carbocycles. The van der Waals surface area contributed by atoms with Crippen molar-refractivity contribution in [1.82, 2.24) is 0 Å². The first kappa shape index (κ1) is 36.9. The van der Waals surface area contributed by atoms with Crippen LogP contribution in [0.5, 0.6) is 0 Å². The van der Waals surface area contributed by atoms with Crippen LogP contribution in [0.15, 0.2) is 0 Å². The molecular weight excluding hydrogens is 474 g/mol. The van der Waals surface area contributed by atoms with E-state index in [1.165, 1.54) is 122 Å². The summed E-state index contributed by atoms with van der Waals surface area (Å²) in [5.41, 5.74) is 0. The van der Waals surface area contributed by atoms with E-state index in [1.807, 2.05) is 21.1 Å². The van der Waals surface area contributed by atoms with E-state index in [1.54, 1.807) is 0 Å². The predicted molar refractivity (Wildman–Crippen MR) is 161 cm³/mol. The van der Waals surface area contributed by atoms with Crippen LogP contribution in [0.1, 0.15) is 162 Å². The molecule has 5 nitrogen and oxygen atoms in total. The number of rotatable bonds is 28. The van der Waals surface area contributed by atoms with Crippen LogP contribution < -0.4 is 0 Å². The lowest BCUT2D eigenvalue weighted by Crippen LogP contribution is -2.43. The molecule has 0 rings (SSSR count). The fourth-order valence-electron chi connectivity index (χ4n) is 5.32. The third kappa shape index (κ3) is 27.9. The van der Waals surface area contributed by atoms with Gasteiger partial charge in [-0.3, -0.25) is 9.59 Å². The van der Waals surface area contributed by atoms with Gasteiger partial charge in [0.1, 0.15) is 6.54 Å². The molecule has 0 amide bonds. The Morgan fingerprint density at radius 2 is 1.00 bits per heavy atom. The van der Waals surface area contributed by atoms with Crippen molar-refractivity contribution in [1.29, 1.82) is 0 Å². The number of nitrogens with zero attached hydrogens (tertiary/aromatic N) is 1. The second kappa shape index (κ2) is 24.9. The van der Waals surface area contributed by atoms with E-state index in [9.17, 15) is 9.59 Å². The Balaban J connectivity index is 3.52. The molecule has 0 bridgehead atoms. The Bertz CT molecular complexity index is 558. The first-order valence-electron chi connectivity index (χ1n) is 16.4. The minimum atomic E-state index is -0.923. The van der Waals surface area contributed by atoms with Gasteiger partial charge in [-0.25, -0.2) is 0 Å². The highest BCUT2D eigenvalue weighted by Crippen LogP contribution is 2.18. The molecule has 1 N–H and O–H groups in total. The molecular formula is C33H66NO4+. The summed E-state index contributed by atoms with van der Waals surface area (Å²) in [7, 11) is 5.93.